The zero-order valence-corrected chi connectivity index (χ0v) is 9.90. The molecule has 16 heavy (non-hydrogen) atoms. The average molecular weight is 288 g/mol. The first-order valence-corrected chi connectivity index (χ1v) is 5.25. The van der Waals surface area contributed by atoms with Crippen LogP contribution in [-0.2, 0) is 0 Å². The van der Waals surface area contributed by atoms with Gasteiger partial charge in [0.2, 0.25) is 0 Å². The van der Waals surface area contributed by atoms with Crippen LogP contribution in [0.3, 0.4) is 0 Å². The summed E-state index contributed by atoms with van der Waals surface area (Å²) in [4.78, 5) is 3.99. The fourth-order valence-electron chi connectivity index (χ4n) is 1.48. The Kier molecular flexibility index (Phi) is 2.77. The van der Waals surface area contributed by atoms with Gasteiger partial charge < -0.3 is 5.43 Å². The molecule has 1 aromatic heterocycles. The lowest BCUT2D eigenvalue weighted by atomic mass is 10.1. The van der Waals surface area contributed by atoms with Crippen LogP contribution in [0.5, 0.6) is 0 Å². The third kappa shape index (κ3) is 1.64. The molecule has 1 heterocycles. The Morgan fingerprint density at radius 1 is 1.31 bits per heavy atom. The first kappa shape index (κ1) is 11.2. The predicted molar refractivity (Wildman–Crippen MR) is 61.9 cm³/mol. The minimum Gasteiger partial charge on any atom is -0.308 e. The van der Waals surface area contributed by atoms with E-state index in [-0.39, 0.29) is 9.99 Å². The van der Waals surface area contributed by atoms with Crippen molar-refractivity contribution < 1.29 is 8.78 Å². The normalized spacial score (nSPS) is 10.8. The minimum atomic E-state index is -0.716. The van der Waals surface area contributed by atoms with Crippen LogP contribution < -0.4 is 11.3 Å². The number of nitrogens with two attached hydrogens (primary N) is 1. The molecular formula is C10H8BrF2N3. The topological polar surface area (TPSA) is 50.9 Å². The molecule has 3 N–H and O–H groups in total. The van der Waals surface area contributed by atoms with Crippen molar-refractivity contribution in [2.45, 2.75) is 6.92 Å². The second-order valence-electron chi connectivity index (χ2n) is 3.35. The molecule has 0 saturated carbocycles. The van der Waals surface area contributed by atoms with E-state index in [2.05, 4.69) is 26.3 Å². The highest BCUT2D eigenvalue weighted by Crippen LogP contribution is 2.30. The fourth-order valence-corrected chi connectivity index (χ4v) is 1.90. The lowest BCUT2D eigenvalue weighted by Gasteiger charge is -2.08. The second kappa shape index (κ2) is 3.95. The summed E-state index contributed by atoms with van der Waals surface area (Å²) in [6.07, 6.45) is 0. The van der Waals surface area contributed by atoms with Gasteiger partial charge in [0, 0.05) is 11.5 Å². The van der Waals surface area contributed by atoms with E-state index in [1.54, 1.807) is 13.0 Å². The van der Waals surface area contributed by atoms with Crippen LogP contribution >= 0.6 is 15.9 Å². The lowest BCUT2D eigenvalue weighted by molar-refractivity contribution is 0.586. The molecule has 0 radical (unpaired) electrons. The number of nitrogens with zero attached hydrogens (tertiary/aromatic N) is 1. The van der Waals surface area contributed by atoms with Gasteiger partial charge in [0.25, 0.3) is 0 Å². The fraction of sp³-hybridized carbons (Fsp3) is 0.100. The maximum Gasteiger partial charge on any atom is 0.152 e. The third-order valence-electron chi connectivity index (χ3n) is 2.28. The minimum absolute atomic E-state index is 0.0758. The smallest absolute Gasteiger partial charge is 0.152 e. The van der Waals surface area contributed by atoms with Crippen LogP contribution in [0.2, 0.25) is 0 Å². The molecule has 3 nitrogen and oxygen atoms in total. The predicted octanol–water partition coefficient (Wildman–Crippen LogP) is 2.87. The number of nitrogen functional groups attached to an aromatic ring is 1. The molecule has 0 atom stereocenters. The summed E-state index contributed by atoms with van der Waals surface area (Å²) in [6.45, 7) is 1.75. The van der Waals surface area contributed by atoms with Crippen LogP contribution in [0.15, 0.2) is 16.6 Å². The van der Waals surface area contributed by atoms with Crippen molar-refractivity contribution in [3.8, 4) is 0 Å². The van der Waals surface area contributed by atoms with E-state index in [4.69, 9.17) is 5.84 Å². The molecule has 0 unspecified atom stereocenters. The quantitative estimate of drug-likeness (QED) is 0.482. The molecule has 0 aliphatic carbocycles. The molecule has 0 aliphatic rings. The number of nitrogens with one attached hydrogen (secondary N) is 1. The van der Waals surface area contributed by atoms with Gasteiger partial charge in [-0.15, -0.1) is 0 Å². The number of hydrogen-bond donors (Lipinski definition) is 2. The number of benzene rings is 1. The van der Waals surface area contributed by atoms with Crippen LogP contribution in [0.1, 0.15) is 5.56 Å². The molecule has 2 aromatic rings. The van der Waals surface area contributed by atoms with E-state index in [1.807, 2.05) is 0 Å². The SMILES string of the molecule is Cc1cc2c(Br)c(F)cc(F)c2nc1NN. The summed E-state index contributed by atoms with van der Waals surface area (Å²) < 4.78 is 26.9. The van der Waals surface area contributed by atoms with Gasteiger partial charge in [-0.2, -0.15) is 0 Å². The molecule has 0 saturated heterocycles. The molecule has 0 bridgehead atoms. The van der Waals surface area contributed by atoms with Crippen molar-refractivity contribution in [3.63, 3.8) is 0 Å². The highest BCUT2D eigenvalue weighted by molar-refractivity contribution is 9.10. The molecule has 0 fully saturated rings. The van der Waals surface area contributed by atoms with E-state index in [9.17, 15) is 8.78 Å². The van der Waals surface area contributed by atoms with Gasteiger partial charge in [0.05, 0.1) is 4.47 Å². The van der Waals surface area contributed by atoms with Crippen molar-refractivity contribution in [1.82, 2.24) is 4.98 Å². The summed E-state index contributed by atoms with van der Waals surface area (Å²) >= 11 is 3.06. The zero-order chi connectivity index (χ0) is 11.9. The van der Waals surface area contributed by atoms with Crippen LogP contribution in [0.4, 0.5) is 14.6 Å². The maximum absolute atomic E-state index is 13.5. The number of aryl methyl sites for hydroxylation is 1. The average Bonchev–Trinajstić information content (AvgIpc) is 2.25. The zero-order valence-electron chi connectivity index (χ0n) is 8.31. The van der Waals surface area contributed by atoms with E-state index in [0.29, 0.717) is 16.8 Å². The Morgan fingerprint density at radius 2 is 2.00 bits per heavy atom. The number of fused-ring (bicyclic) bond motifs is 1. The van der Waals surface area contributed by atoms with Gasteiger partial charge in [-0.25, -0.2) is 19.6 Å². The maximum atomic E-state index is 13.5. The third-order valence-corrected chi connectivity index (χ3v) is 3.08. The second-order valence-corrected chi connectivity index (χ2v) is 4.14. The Hall–Kier alpha value is -1.27. The molecule has 6 heteroatoms. The molecule has 0 spiro atoms. The Labute approximate surface area is 98.8 Å². The number of aromatic nitrogens is 1. The van der Waals surface area contributed by atoms with E-state index < -0.39 is 11.6 Å². The van der Waals surface area contributed by atoms with Crippen molar-refractivity contribution >= 4 is 32.7 Å². The number of anilines is 1. The van der Waals surface area contributed by atoms with Crippen LogP contribution in [-0.4, -0.2) is 4.98 Å². The van der Waals surface area contributed by atoms with E-state index in [1.165, 1.54) is 0 Å². The first-order chi connectivity index (χ1) is 7.54. The number of hydrazine groups is 1. The summed E-state index contributed by atoms with van der Waals surface area (Å²) in [5, 5.41) is 0.383. The standard InChI is InChI=1S/C10H8BrF2N3/c1-4-2-5-8(11)6(12)3-7(13)9(5)15-10(4)16-14/h2-3H,14H2,1H3,(H,15,16). The van der Waals surface area contributed by atoms with Crippen molar-refractivity contribution in [2.75, 3.05) is 5.43 Å². The summed E-state index contributed by atoms with van der Waals surface area (Å²) in [7, 11) is 0. The summed E-state index contributed by atoms with van der Waals surface area (Å²) in [5.41, 5.74) is 3.15. The Balaban J connectivity index is 2.90. The van der Waals surface area contributed by atoms with Crippen LogP contribution in [0, 0.1) is 18.6 Å². The monoisotopic (exact) mass is 287 g/mol. The summed E-state index contributed by atoms with van der Waals surface area (Å²) in [6, 6.07) is 2.41. The van der Waals surface area contributed by atoms with Gasteiger partial charge in [0.1, 0.15) is 17.2 Å². The van der Waals surface area contributed by atoms with E-state index in [0.717, 1.165) is 6.07 Å². The number of halogens is 3. The molecule has 0 aliphatic heterocycles. The molecule has 1 aromatic carbocycles. The lowest BCUT2D eigenvalue weighted by Crippen LogP contribution is -2.10. The van der Waals surface area contributed by atoms with Gasteiger partial charge in [0.15, 0.2) is 5.82 Å². The molecule has 0 amide bonds. The van der Waals surface area contributed by atoms with Crippen molar-refractivity contribution in [1.29, 1.82) is 0 Å². The number of hydrogen-bond acceptors (Lipinski definition) is 3. The number of pyridine rings is 1. The molecule has 2 rings (SSSR count). The van der Waals surface area contributed by atoms with Crippen molar-refractivity contribution in [2.24, 2.45) is 5.84 Å². The molecule has 84 valence electrons. The van der Waals surface area contributed by atoms with Crippen molar-refractivity contribution in [3.05, 3.63) is 33.8 Å². The van der Waals surface area contributed by atoms with Gasteiger partial charge in [-0.1, -0.05) is 0 Å². The van der Waals surface area contributed by atoms with Gasteiger partial charge in [-0.3, -0.25) is 0 Å². The highest BCUT2D eigenvalue weighted by Gasteiger charge is 2.13. The molecular weight excluding hydrogens is 280 g/mol. The van der Waals surface area contributed by atoms with Gasteiger partial charge in [-0.05, 0) is 34.5 Å². The number of rotatable bonds is 1. The Bertz CT molecular complexity index is 572. The van der Waals surface area contributed by atoms with Crippen LogP contribution in [0.25, 0.3) is 10.9 Å². The van der Waals surface area contributed by atoms with E-state index >= 15 is 0 Å². The Morgan fingerprint density at radius 3 is 2.62 bits per heavy atom. The first-order valence-electron chi connectivity index (χ1n) is 4.46. The summed E-state index contributed by atoms with van der Waals surface area (Å²) in [5.74, 6) is 4.24. The highest BCUT2D eigenvalue weighted by atomic mass is 79.9. The largest absolute Gasteiger partial charge is 0.308 e. The van der Waals surface area contributed by atoms with Gasteiger partial charge >= 0.3 is 0 Å².